The number of hydrogen-bond donors (Lipinski definition) is 1. The normalized spacial score (nSPS) is 9.64. The summed E-state index contributed by atoms with van der Waals surface area (Å²) in [5, 5.41) is 0. The highest BCUT2D eigenvalue weighted by Crippen LogP contribution is 2.12. The zero-order valence-corrected chi connectivity index (χ0v) is 6.79. The average Bonchev–Trinajstić information content (AvgIpc) is 1.85. The number of nitrogen functional groups attached to an aromatic ring is 1. The van der Waals surface area contributed by atoms with Crippen LogP contribution < -0.4 is 10.5 Å². The average molecular weight is 152 g/mol. The highest BCUT2D eigenvalue weighted by atomic mass is 16.5. The Balaban J connectivity index is 2.89. The summed E-state index contributed by atoms with van der Waals surface area (Å²) in [5.74, 6) is 1.11. The minimum atomic E-state index is 0.508. The van der Waals surface area contributed by atoms with E-state index in [0.29, 0.717) is 18.3 Å². The number of hydrogen-bond acceptors (Lipinski definition) is 3. The van der Waals surface area contributed by atoms with E-state index in [9.17, 15) is 0 Å². The molecule has 11 heavy (non-hydrogen) atoms. The maximum Gasteiger partial charge on any atom is 0.215 e. The highest BCUT2D eigenvalue weighted by Gasteiger charge is 1.96. The quantitative estimate of drug-likeness (QED) is 0.696. The zero-order valence-electron chi connectivity index (χ0n) is 6.79. The molecule has 0 aliphatic rings. The number of nitrogens with zero attached hydrogens (tertiary/aromatic N) is 1. The third kappa shape index (κ3) is 2.11. The summed E-state index contributed by atoms with van der Waals surface area (Å²) >= 11 is 0. The van der Waals surface area contributed by atoms with Crippen LogP contribution in [0, 0.1) is 6.92 Å². The number of aryl methyl sites for hydroxylation is 1. The molecule has 0 radical (unpaired) electrons. The monoisotopic (exact) mass is 152 g/mol. The molecule has 3 heteroatoms. The minimum absolute atomic E-state index is 0.508. The van der Waals surface area contributed by atoms with Crippen molar-refractivity contribution in [1.29, 1.82) is 0 Å². The summed E-state index contributed by atoms with van der Waals surface area (Å²) in [7, 11) is 0. The van der Waals surface area contributed by atoms with E-state index in [1.165, 1.54) is 0 Å². The van der Waals surface area contributed by atoms with Gasteiger partial charge in [0.2, 0.25) is 5.88 Å². The van der Waals surface area contributed by atoms with Crippen molar-refractivity contribution in [2.75, 3.05) is 12.3 Å². The standard InChI is InChI=1S/C8H12N2O/c1-3-11-8-5-6(2)4-7(9)10-8/h4-5H,3H2,1-2H3,(H2,9,10). The van der Waals surface area contributed by atoms with E-state index in [-0.39, 0.29) is 0 Å². The first-order chi connectivity index (χ1) is 5.22. The Morgan fingerprint density at radius 3 is 2.82 bits per heavy atom. The molecule has 0 aliphatic heterocycles. The molecule has 60 valence electrons. The lowest BCUT2D eigenvalue weighted by atomic mass is 10.3. The van der Waals surface area contributed by atoms with Crippen molar-refractivity contribution in [2.45, 2.75) is 13.8 Å². The van der Waals surface area contributed by atoms with Crippen LogP contribution in [-0.4, -0.2) is 11.6 Å². The zero-order chi connectivity index (χ0) is 8.27. The van der Waals surface area contributed by atoms with E-state index < -0.39 is 0 Å². The Kier molecular flexibility index (Phi) is 2.31. The van der Waals surface area contributed by atoms with Crippen molar-refractivity contribution in [2.24, 2.45) is 0 Å². The van der Waals surface area contributed by atoms with Gasteiger partial charge in [-0.2, -0.15) is 4.98 Å². The molecule has 0 bridgehead atoms. The van der Waals surface area contributed by atoms with Gasteiger partial charge in [0.25, 0.3) is 0 Å². The largest absolute Gasteiger partial charge is 0.478 e. The van der Waals surface area contributed by atoms with Gasteiger partial charge in [-0.25, -0.2) is 0 Å². The van der Waals surface area contributed by atoms with Crippen LogP contribution in [0.4, 0.5) is 5.82 Å². The van der Waals surface area contributed by atoms with Gasteiger partial charge >= 0.3 is 0 Å². The van der Waals surface area contributed by atoms with Gasteiger partial charge in [0, 0.05) is 6.07 Å². The fourth-order valence-corrected chi connectivity index (χ4v) is 0.883. The summed E-state index contributed by atoms with van der Waals surface area (Å²) in [6.07, 6.45) is 0. The van der Waals surface area contributed by atoms with Crippen LogP contribution in [0.3, 0.4) is 0 Å². The Morgan fingerprint density at radius 2 is 2.27 bits per heavy atom. The number of rotatable bonds is 2. The fourth-order valence-electron chi connectivity index (χ4n) is 0.883. The van der Waals surface area contributed by atoms with E-state index in [1.54, 1.807) is 0 Å². The molecule has 3 nitrogen and oxygen atoms in total. The molecule has 0 amide bonds. The molecule has 1 rings (SSSR count). The maximum atomic E-state index is 5.50. The second-order valence-electron chi connectivity index (χ2n) is 2.34. The molecule has 0 aliphatic carbocycles. The van der Waals surface area contributed by atoms with Gasteiger partial charge in [0.1, 0.15) is 5.82 Å². The lowest BCUT2D eigenvalue weighted by Gasteiger charge is -2.03. The number of nitrogens with two attached hydrogens (primary N) is 1. The van der Waals surface area contributed by atoms with Gasteiger partial charge < -0.3 is 10.5 Å². The SMILES string of the molecule is CCOc1cc(C)cc(N)n1. The van der Waals surface area contributed by atoms with Gasteiger partial charge in [-0.05, 0) is 25.5 Å². The van der Waals surface area contributed by atoms with E-state index >= 15 is 0 Å². The van der Waals surface area contributed by atoms with Crippen molar-refractivity contribution in [3.05, 3.63) is 17.7 Å². The Morgan fingerprint density at radius 1 is 1.55 bits per heavy atom. The predicted molar refractivity (Wildman–Crippen MR) is 44.6 cm³/mol. The van der Waals surface area contributed by atoms with Gasteiger partial charge in [-0.15, -0.1) is 0 Å². The highest BCUT2D eigenvalue weighted by molar-refractivity contribution is 5.36. The summed E-state index contributed by atoms with van der Waals surface area (Å²) in [6.45, 7) is 4.50. The van der Waals surface area contributed by atoms with Gasteiger partial charge in [0.15, 0.2) is 0 Å². The van der Waals surface area contributed by atoms with Gasteiger partial charge in [-0.1, -0.05) is 0 Å². The molecular weight excluding hydrogens is 140 g/mol. The molecule has 1 aromatic rings. The van der Waals surface area contributed by atoms with Gasteiger partial charge in [-0.3, -0.25) is 0 Å². The molecule has 2 N–H and O–H groups in total. The van der Waals surface area contributed by atoms with Crippen molar-refractivity contribution in [3.8, 4) is 5.88 Å². The van der Waals surface area contributed by atoms with E-state index in [0.717, 1.165) is 5.56 Å². The molecule has 0 saturated carbocycles. The number of aromatic nitrogens is 1. The molecule has 1 heterocycles. The fraction of sp³-hybridized carbons (Fsp3) is 0.375. The molecule has 0 saturated heterocycles. The molecular formula is C8H12N2O. The Bertz CT molecular complexity index is 228. The smallest absolute Gasteiger partial charge is 0.215 e. The summed E-state index contributed by atoms with van der Waals surface area (Å²) in [5.41, 5.74) is 6.57. The molecule has 0 atom stereocenters. The summed E-state index contributed by atoms with van der Waals surface area (Å²) < 4.78 is 5.18. The van der Waals surface area contributed by atoms with Gasteiger partial charge in [0.05, 0.1) is 6.61 Å². The molecule has 0 spiro atoms. The second-order valence-corrected chi connectivity index (χ2v) is 2.34. The van der Waals surface area contributed by atoms with Crippen molar-refractivity contribution < 1.29 is 4.74 Å². The molecule has 0 fully saturated rings. The lowest BCUT2D eigenvalue weighted by molar-refractivity contribution is 0.327. The number of ether oxygens (including phenoxy) is 1. The first-order valence-electron chi connectivity index (χ1n) is 3.59. The first-order valence-corrected chi connectivity index (χ1v) is 3.59. The lowest BCUT2D eigenvalue weighted by Crippen LogP contribution is -1.97. The Labute approximate surface area is 66.2 Å². The molecule has 0 aromatic carbocycles. The first kappa shape index (κ1) is 7.85. The van der Waals surface area contributed by atoms with Crippen LogP contribution in [0.5, 0.6) is 5.88 Å². The minimum Gasteiger partial charge on any atom is -0.478 e. The van der Waals surface area contributed by atoms with Crippen LogP contribution in [0.25, 0.3) is 0 Å². The molecule has 1 aromatic heterocycles. The third-order valence-electron chi connectivity index (χ3n) is 1.26. The Hall–Kier alpha value is -1.25. The van der Waals surface area contributed by atoms with Crippen molar-refractivity contribution >= 4 is 5.82 Å². The van der Waals surface area contributed by atoms with Crippen LogP contribution in [0.2, 0.25) is 0 Å². The summed E-state index contributed by atoms with van der Waals surface area (Å²) in [4.78, 5) is 3.98. The number of anilines is 1. The topological polar surface area (TPSA) is 48.1 Å². The second kappa shape index (κ2) is 3.23. The van der Waals surface area contributed by atoms with E-state index in [1.807, 2.05) is 26.0 Å². The number of pyridine rings is 1. The van der Waals surface area contributed by atoms with E-state index in [4.69, 9.17) is 10.5 Å². The van der Waals surface area contributed by atoms with Crippen LogP contribution in [0.1, 0.15) is 12.5 Å². The van der Waals surface area contributed by atoms with Crippen molar-refractivity contribution in [3.63, 3.8) is 0 Å². The third-order valence-corrected chi connectivity index (χ3v) is 1.26. The van der Waals surface area contributed by atoms with Crippen molar-refractivity contribution in [1.82, 2.24) is 4.98 Å². The van der Waals surface area contributed by atoms with E-state index in [2.05, 4.69) is 4.98 Å². The maximum absolute atomic E-state index is 5.50. The predicted octanol–water partition coefficient (Wildman–Crippen LogP) is 1.37. The van der Waals surface area contributed by atoms with Crippen LogP contribution >= 0.6 is 0 Å². The summed E-state index contributed by atoms with van der Waals surface area (Å²) in [6, 6.07) is 3.67. The van der Waals surface area contributed by atoms with Crippen LogP contribution in [-0.2, 0) is 0 Å². The molecule has 0 unspecified atom stereocenters. The van der Waals surface area contributed by atoms with Crippen LogP contribution in [0.15, 0.2) is 12.1 Å².